The number of phosphoric ester groups is 2. The predicted octanol–water partition coefficient (Wildman–Crippen LogP) is 27.4. The molecule has 0 radical (unpaired) electrons. The summed E-state index contributed by atoms with van der Waals surface area (Å²) in [6.07, 6.45) is 73.6. The van der Waals surface area contributed by atoms with Gasteiger partial charge in [-0.3, -0.25) is 37.3 Å². The molecule has 3 N–H and O–H groups in total. The van der Waals surface area contributed by atoms with Crippen molar-refractivity contribution in [3.63, 3.8) is 0 Å². The maximum atomic E-state index is 13.2. The quantitative estimate of drug-likeness (QED) is 0.0222. The van der Waals surface area contributed by atoms with E-state index in [2.05, 4.69) is 41.5 Å². The molecule has 0 aliphatic rings. The molecule has 0 rings (SSSR count). The molecular weight excluding hydrogens is 1400 g/mol. The standard InChI is InChI=1S/C89H174O17P2/c1-7-10-12-14-16-18-20-22-23-24-25-26-27-28-29-34-38-42-49-55-61-67-73-88(93)105-84(77-100-87(92)72-66-60-54-48-41-37-33-31-30-32-36-39-45-51-57-63-69-81(4)5)79-103-107(95,96)101-75-83(90)76-102-108(97,98)104-80-85(78-99-86(91)71-65-59-53-47-40-35-21-19-17-15-13-11-8-2)106-89(94)74-68-62-56-50-44-43-46-52-58-64-70-82(6)9-3/h81-85,90H,7-80H2,1-6H3,(H,95,96)(H,97,98)/t82?,83-,84-,85-/m1/s1. The van der Waals surface area contributed by atoms with E-state index < -0.39 is 97.5 Å². The van der Waals surface area contributed by atoms with Gasteiger partial charge in [0.05, 0.1) is 26.4 Å². The summed E-state index contributed by atoms with van der Waals surface area (Å²) in [5, 5.41) is 10.7. The van der Waals surface area contributed by atoms with Gasteiger partial charge in [0.25, 0.3) is 0 Å². The number of esters is 4. The minimum Gasteiger partial charge on any atom is -0.462 e. The van der Waals surface area contributed by atoms with Crippen molar-refractivity contribution >= 4 is 39.5 Å². The first-order valence-corrected chi connectivity index (χ1v) is 49.0. The number of aliphatic hydroxyl groups excluding tert-OH is 1. The Morgan fingerprint density at radius 3 is 0.704 bits per heavy atom. The maximum Gasteiger partial charge on any atom is 0.472 e. The van der Waals surface area contributed by atoms with Gasteiger partial charge < -0.3 is 33.8 Å². The van der Waals surface area contributed by atoms with Gasteiger partial charge in [-0.2, -0.15) is 0 Å². The van der Waals surface area contributed by atoms with Crippen LogP contribution >= 0.6 is 15.6 Å². The molecule has 0 fully saturated rings. The number of hydrogen-bond acceptors (Lipinski definition) is 15. The molecule has 0 aliphatic heterocycles. The van der Waals surface area contributed by atoms with Gasteiger partial charge in [0.2, 0.25) is 0 Å². The molecule has 0 aliphatic carbocycles. The molecule has 0 aromatic heterocycles. The number of rotatable bonds is 88. The number of hydrogen-bond donors (Lipinski definition) is 3. The third-order valence-electron chi connectivity index (χ3n) is 21.3. The molecule has 108 heavy (non-hydrogen) atoms. The van der Waals surface area contributed by atoms with Crippen LogP contribution in [0.25, 0.3) is 0 Å². The first-order chi connectivity index (χ1) is 52.4. The van der Waals surface area contributed by atoms with Gasteiger partial charge >= 0.3 is 39.5 Å². The lowest BCUT2D eigenvalue weighted by Crippen LogP contribution is -2.30. The molecule has 0 aromatic rings. The second-order valence-electron chi connectivity index (χ2n) is 32.7. The van der Waals surface area contributed by atoms with Crippen molar-refractivity contribution in [1.29, 1.82) is 0 Å². The molecule has 17 nitrogen and oxygen atoms in total. The zero-order chi connectivity index (χ0) is 79.2. The molecule has 19 heteroatoms. The number of carbonyl (C=O) groups is 4. The summed E-state index contributed by atoms with van der Waals surface area (Å²) in [5.74, 6) is -0.482. The number of aliphatic hydroxyl groups is 1. The van der Waals surface area contributed by atoms with Crippen molar-refractivity contribution in [3.05, 3.63) is 0 Å². The summed E-state index contributed by atoms with van der Waals surface area (Å²) in [6.45, 7) is 9.75. The van der Waals surface area contributed by atoms with Crippen LogP contribution in [0, 0.1) is 11.8 Å². The van der Waals surface area contributed by atoms with Crippen LogP contribution in [-0.2, 0) is 65.4 Å². The molecule has 0 amide bonds. The summed E-state index contributed by atoms with van der Waals surface area (Å²) in [4.78, 5) is 73.4. The van der Waals surface area contributed by atoms with Crippen molar-refractivity contribution in [3.8, 4) is 0 Å². The van der Waals surface area contributed by atoms with E-state index in [4.69, 9.17) is 37.0 Å². The Morgan fingerprint density at radius 1 is 0.269 bits per heavy atom. The number of carbonyl (C=O) groups excluding carboxylic acids is 4. The molecule has 0 aromatic carbocycles. The van der Waals surface area contributed by atoms with Gasteiger partial charge in [0.15, 0.2) is 12.2 Å². The first kappa shape index (κ1) is 106. The topological polar surface area (TPSA) is 237 Å². The Morgan fingerprint density at radius 2 is 0.472 bits per heavy atom. The highest BCUT2D eigenvalue weighted by Crippen LogP contribution is 2.45. The number of ether oxygens (including phenoxy) is 4. The predicted molar refractivity (Wildman–Crippen MR) is 446 cm³/mol. The largest absolute Gasteiger partial charge is 0.472 e. The van der Waals surface area contributed by atoms with E-state index >= 15 is 0 Å². The molecule has 0 bridgehead atoms. The van der Waals surface area contributed by atoms with Gasteiger partial charge in [-0.1, -0.05) is 427 Å². The Bertz CT molecular complexity index is 2070. The van der Waals surface area contributed by atoms with E-state index in [-0.39, 0.29) is 25.7 Å². The summed E-state index contributed by atoms with van der Waals surface area (Å²) in [5.41, 5.74) is 0. The van der Waals surface area contributed by atoms with Gasteiger partial charge in [-0.25, -0.2) is 9.13 Å². The van der Waals surface area contributed by atoms with E-state index in [1.807, 2.05) is 0 Å². The molecule has 6 atom stereocenters. The normalized spacial score (nSPS) is 14.0. The zero-order valence-corrected chi connectivity index (χ0v) is 73.0. The maximum absolute atomic E-state index is 13.2. The summed E-state index contributed by atoms with van der Waals surface area (Å²) in [6, 6.07) is 0. The third-order valence-corrected chi connectivity index (χ3v) is 23.2. The van der Waals surface area contributed by atoms with Gasteiger partial charge in [-0.15, -0.1) is 0 Å². The molecule has 0 saturated carbocycles. The van der Waals surface area contributed by atoms with Gasteiger partial charge in [-0.05, 0) is 37.5 Å². The molecular formula is C89H174O17P2. The Kier molecular flexibility index (Phi) is 78.8. The fourth-order valence-electron chi connectivity index (χ4n) is 13.9. The van der Waals surface area contributed by atoms with Crippen molar-refractivity contribution < 1.29 is 80.2 Å². The SMILES string of the molecule is CCCCCCCCCCCCCCCCCCCCCCCCC(=O)O[C@H](COC(=O)CCCCCCCCCCCCCCCCCCC(C)C)COP(=O)(O)OC[C@@H](O)COP(=O)(O)OC[C@@H](COC(=O)CCCCCCCCCCCCCCC)OC(=O)CCCCCCCCCCCCC(C)CC. The van der Waals surface area contributed by atoms with Crippen LogP contribution in [0.4, 0.5) is 0 Å². The van der Waals surface area contributed by atoms with Crippen LogP contribution in [0.1, 0.15) is 478 Å². The van der Waals surface area contributed by atoms with Gasteiger partial charge in [0.1, 0.15) is 19.3 Å². The lowest BCUT2D eigenvalue weighted by molar-refractivity contribution is -0.161. The van der Waals surface area contributed by atoms with E-state index in [9.17, 15) is 43.2 Å². The lowest BCUT2D eigenvalue weighted by Gasteiger charge is -2.21. The molecule has 0 saturated heterocycles. The minimum absolute atomic E-state index is 0.107. The summed E-state index contributed by atoms with van der Waals surface area (Å²) in [7, 11) is -9.93. The third kappa shape index (κ3) is 80.7. The van der Waals surface area contributed by atoms with E-state index in [1.165, 1.54) is 295 Å². The lowest BCUT2D eigenvalue weighted by atomic mass is 9.99. The van der Waals surface area contributed by atoms with Crippen LogP contribution in [0.15, 0.2) is 0 Å². The van der Waals surface area contributed by atoms with Gasteiger partial charge in [0, 0.05) is 25.7 Å². The van der Waals surface area contributed by atoms with E-state index in [1.54, 1.807) is 0 Å². The van der Waals surface area contributed by atoms with E-state index in [0.29, 0.717) is 25.7 Å². The van der Waals surface area contributed by atoms with Crippen molar-refractivity contribution in [2.24, 2.45) is 11.8 Å². The number of unbranched alkanes of at least 4 members (excludes halogenated alkanes) is 57. The second kappa shape index (κ2) is 80.3. The van der Waals surface area contributed by atoms with Crippen LogP contribution < -0.4 is 0 Å². The summed E-state index contributed by atoms with van der Waals surface area (Å²) >= 11 is 0. The summed E-state index contributed by atoms with van der Waals surface area (Å²) < 4.78 is 69.0. The number of phosphoric acid groups is 2. The average molecular weight is 1580 g/mol. The fraction of sp³-hybridized carbons (Fsp3) is 0.955. The smallest absolute Gasteiger partial charge is 0.462 e. The van der Waals surface area contributed by atoms with Crippen LogP contribution in [0.2, 0.25) is 0 Å². The molecule has 3 unspecified atom stereocenters. The highest BCUT2D eigenvalue weighted by Gasteiger charge is 2.31. The van der Waals surface area contributed by atoms with Crippen LogP contribution in [0.3, 0.4) is 0 Å². The highest BCUT2D eigenvalue weighted by atomic mass is 31.2. The highest BCUT2D eigenvalue weighted by molar-refractivity contribution is 7.47. The fourth-order valence-corrected chi connectivity index (χ4v) is 15.5. The van der Waals surface area contributed by atoms with Crippen molar-refractivity contribution in [2.75, 3.05) is 39.6 Å². The van der Waals surface area contributed by atoms with E-state index in [0.717, 1.165) is 102 Å². The second-order valence-corrected chi connectivity index (χ2v) is 35.6. The molecule has 642 valence electrons. The van der Waals surface area contributed by atoms with Crippen molar-refractivity contribution in [2.45, 2.75) is 496 Å². The Hall–Kier alpha value is -1.94. The average Bonchev–Trinajstić information content (AvgIpc) is 0.898. The Labute approximate surface area is 664 Å². The van der Waals surface area contributed by atoms with Crippen molar-refractivity contribution in [1.82, 2.24) is 0 Å². The van der Waals surface area contributed by atoms with Crippen LogP contribution in [0.5, 0.6) is 0 Å². The zero-order valence-electron chi connectivity index (χ0n) is 71.2. The molecule has 0 heterocycles. The monoisotopic (exact) mass is 1580 g/mol. The van der Waals surface area contributed by atoms with Crippen LogP contribution in [-0.4, -0.2) is 96.7 Å². The molecule has 0 spiro atoms. The Balaban J connectivity index is 5.24. The minimum atomic E-state index is -4.97. The first-order valence-electron chi connectivity index (χ1n) is 46.0.